The molecule has 0 unspecified atom stereocenters. The number of hydrogen-bond donors (Lipinski definition) is 0. The van der Waals surface area contributed by atoms with Crippen LogP contribution >= 0.6 is 0 Å². The molecule has 0 spiro atoms. The molecule has 0 aromatic heterocycles. The fourth-order valence-electron chi connectivity index (χ4n) is 5.11. The fourth-order valence-corrected chi connectivity index (χ4v) is 5.11. The summed E-state index contributed by atoms with van der Waals surface area (Å²) in [5, 5.41) is 0. The summed E-state index contributed by atoms with van der Waals surface area (Å²) in [5.41, 5.74) is 6.30. The van der Waals surface area contributed by atoms with Crippen LogP contribution in [0.3, 0.4) is 0 Å². The maximum absolute atomic E-state index is 2.41. The first-order chi connectivity index (χ1) is 13.6. The van der Waals surface area contributed by atoms with E-state index in [1.807, 2.05) is 0 Å². The van der Waals surface area contributed by atoms with Gasteiger partial charge in [-0.25, -0.2) is 0 Å². The Morgan fingerprint density at radius 2 is 0.931 bits per heavy atom. The third-order valence-electron chi connectivity index (χ3n) is 6.54. The van der Waals surface area contributed by atoms with Gasteiger partial charge in [-0.05, 0) is 60.8 Å². The Bertz CT molecular complexity index is 738. The summed E-state index contributed by atoms with van der Waals surface area (Å²) in [5.74, 6) is 0. The van der Waals surface area contributed by atoms with Crippen molar-refractivity contribution in [2.24, 2.45) is 0 Å². The van der Waals surface area contributed by atoms with Crippen LogP contribution in [0.2, 0.25) is 0 Å². The van der Waals surface area contributed by atoms with E-state index in [9.17, 15) is 0 Å². The van der Waals surface area contributed by atoms with Gasteiger partial charge in [0.15, 0.2) is 0 Å². The van der Waals surface area contributed by atoms with E-state index < -0.39 is 0 Å². The number of quaternary nitrogens is 2. The van der Waals surface area contributed by atoms with E-state index in [4.69, 9.17) is 0 Å². The van der Waals surface area contributed by atoms with E-state index in [1.165, 1.54) is 62.7 Å². The van der Waals surface area contributed by atoms with Crippen LogP contribution < -0.4 is 0 Å². The molecule has 2 nitrogen and oxygen atoms in total. The molecular formula is C27H42N2+2. The third kappa shape index (κ3) is 5.29. The molecule has 0 saturated heterocycles. The van der Waals surface area contributed by atoms with Crippen molar-refractivity contribution in [3.05, 3.63) is 59.7 Å². The van der Waals surface area contributed by atoms with Gasteiger partial charge in [0.2, 0.25) is 0 Å². The lowest BCUT2D eigenvalue weighted by Gasteiger charge is -2.34. The molecule has 0 heterocycles. The van der Waals surface area contributed by atoms with Gasteiger partial charge >= 0.3 is 0 Å². The van der Waals surface area contributed by atoms with Gasteiger partial charge in [0, 0.05) is 5.41 Å². The summed E-state index contributed by atoms with van der Waals surface area (Å²) in [7, 11) is 13.8. The van der Waals surface area contributed by atoms with E-state index in [-0.39, 0.29) is 5.41 Å². The molecule has 0 saturated carbocycles. The molecule has 3 rings (SSSR count). The van der Waals surface area contributed by atoms with E-state index in [2.05, 4.69) is 90.8 Å². The minimum atomic E-state index is 0.197. The second kappa shape index (κ2) is 8.62. The van der Waals surface area contributed by atoms with Crippen molar-refractivity contribution in [3.63, 3.8) is 0 Å². The van der Waals surface area contributed by atoms with Crippen molar-refractivity contribution >= 4 is 0 Å². The highest BCUT2D eigenvalue weighted by atomic mass is 15.3. The second-order valence-corrected chi connectivity index (χ2v) is 11.1. The number of benzene rings is 2. The Labute approximate surface area is 179 Å². The average molecular weight is 395 g/mol. The molecule has 0 N–H and O–H groups in total. The quantitative estimate of drug-likeness (QED) is 0.358. The zero-order valence-corrected chi connectivity index (χ0v) is 19.7. The van der Waals surface area contributed by atoms with Gasteiger partial charge in [-0.3, -0.25) is 0 Å². The van der Waals surface area contributed by atoms with E-state index in [0.717, 1.165) is 8.97 Å². The summed E-state index contributed by atoms with van der Waals surface area (Å²) in [4.78, 5) is 0. The second-order valence-electron chi connectivity index (χ2n) is 11.1. The Morgan fingerprint density at radius 3 is 1.31 bits per heavy atom. The van der Waals surface area contributed by atoms with Crippen LogP contribution in [0.25, 0.3) is 11.1 Å². The Balaban J connectivity index is 1.86. The zero-order valence-electron chi connectivity index (χ0n) is 19.7. The van der Waals surface area contributed by atoms with Gasteiger partial charge in [0.25, 0.3) is 0 Å². The van der Waals surface area contributed by atoms with Gasteiger partial charge < -0.3 is 8.97 Å². The van der Waals surface area contributed by atoms with Crippen molar-refractivity contribution in [1.82, 2.24) is 0 Å². The molecule has 1 aliphatic carbocycles. The standard InChI is InChI=1S/C27H42N2/c1-28(2,3)21-13-11-19-27(20-12-14-22-29(4,5)6)25-17-9-7-15-23(25)24-16-8-10-18-26(24)27/h7-10,15-18H,11-14,19-22H2,1-6H3/q+2. The fraction of sp³-hybridized carbons (Fsp3) is 0.556. The molecule has 2 aromatic rings. The summed E-state index contributed by atoms with van der Waals surface area (Å²) < 4.78 is 2.12. The van der Waals surface area contributed by atoms with Crippen molar-refractivity contribution in [2.45, 2.75) is 43.9 Å². The van der Waals surface area contributed by atoms with Crippen molar-refractivity contribution < 1.29 is 8.97 Å². The van der Waals surface area contributed by atoms with Crippen LogP contribution in [0.1, 0.15) is 49.7 Å². The van der Waals surface area contributed by atoms with Crippen LogP contribution in [0.15, 0.2) is 48.5 Å². The number of nitrogens with zero attached hydrogens (tertiary/aromatic N) is 2. The predicted molar refractivity (Wildman–Crippen MR) is 126 cm³/mol. The number of unbranched alkanes of at least 4 members (excludes halogenated alkanes) is 2. The summed E-state index contributed by atoms with van der Waals surface area (Å²) >= 11 is 0. The molecule has 2 aromatic carbocycles. The van der Waals surface area contributed by atoms with Gasteiger partial charge in [0.05, 0.1) is 55.4 Å². The first-order valence-electron chi connectivity index (χ1n) is 11.4. The zero-order chi connectivity index (χ0) is 21.1. The van der Waals surface area contributed by atoms with E-state index in [1.54, 1.807) is 11.1 Å². The molecule has 0 bridgehead atoms. The monoisotopic (exact) mass is 394 g/mol. The van der Waals surface area contributed by atoms with Gasteiger partial charge in [-0.15, -0.1) is 0 Å². The highest BCUT2D eigenvalue weighted by Crippen LogP contribution is 2.53. The van der Waals surface area contributed by atoms with E-state index in [0.29, 0.717) is 0 Å². The molecule has 29 heavy (non-hydrogen) atoms. The Kier molecular flexibility index (Phi) is 6.55. The van der Waals surface area contributed by atoms with Crippen LogP contribution in [-0.2, 0) is 5.41 Å². The molecule has 0 amide bonds. The summed E-state index contributed by atoms with van der Waals surface area (Å²) in [6.45, 7) is 2.50. The molecule has 158 valence electrons. The maximum atomic E-state index is 2.41. The topological polar surface area (TPSA) is 0 Å². The normalized spacial score (nSPS) is 15.2. The minimum absolute atomic E-state index is 0.197. The first kappa shape index (κ1) is 22.1. The van der Waals surface area contributed by atoms with Crippen molar-refractivity contribution in [2.75, 3.05) is 55.4 Å². The summed E-state index contributed by atoms with van der Waals surface area (Å²) in [6.07, 6.45) is 7.74. The van der Waals surface area contributed by atoms with Crippen LogP contribution in [-0.4, -0.2) is 64.3 Å². The van der Waals surface area contributed by atoms with Gasteiger partial charge in [-0.2, -0.15) is 0 Å². The molecule has 0 radical (unpaired) electrons. The van der Waals surface area contributed by atoms with Crippen molar-refractivity contribution in [3.8, 4) is 11.1 Å². The number of fused-ring (bicyclic) bond motifs is 3. The lowest BCUT2D eigenvalue weighted by molar-refractivity contribution is -0.870. The Morgan fingerprint density at radius 1 is 0.552 bits per heavy atom. The largest absolute Gasteiger partial charge is 0.331 e. The first-order valence-corrected chi connectivity index (χ1v) is 11.4. The molecule has 2 heteroatoms. The van der Waals surface area contributed by atoms with Crippen molar-refractivity contribution in [1.29, 1.82) is 0 Å². The van der Waals surface area contributed by atoms with Crippen LogP contribution in [0.5, 0.6) is 0 Å². The molecule has 0 atom stereocenters. The highest BCUT2D eigenvalue weighted by Gasteiger charge is 2.41. The summed E-state index contributed by atoms with van der Waals surface area (Å²) in [6, 6.07) is 18.4. The SMILES string of the molecule is C[N+](C)(C)CCCCC1(CCCC[N+](C)(C)C)c2ccccc2-c2ccccc21. The highest BCUT2D eigenvalue weighted by molar-refractivity contribution is 5.80. The molecule has 0 aliphatic heterocycles. The molecular weight excluding hydrogens is 352 g/mol. The average Bonchev–Trinajstić information content (AvgIpc) is 2.92. The maximum Gasteiger partial charge on any atom is 0.0780 e. The molecule has 0 fully saturated rings. The lowest BCUT2D eigenvalue weighted by Crippen LogP contribution is -2.36. The smallest absolute Gasteiger partial charge is 0.0780 e. The predicted octanol–water partition coefficient (Wildman–Crippen LogP) is 5.71. The molecule has 1 aliphatic rings. The number of rotatable bonds is 10. The Hall–Kier alpha value is -1.64. The van der Waals surface area contributed by atoms with Gasteiger partial charge in [0.1, 0.15) is 0 Å². The minimum Gasteiger partial charge on any atom is -0.331 e. The third-order valence-corrected chi connectivity index (χ3v) is 6.54. The van der Waals surface area contributed by atoms with Crippen LogP contribution in [0.4, 0.5) is 0 Å². The van der Waals surface area contributed by atoms with Crippen LogP contribution in [0, 0.1) is 0 Å². The van der Waals surface area contributed by atoms with E-state index >= 15 is 0 Å². The number of hydrogen-bond acceptors (Lipinski definition) is 0. The lowest BCUT2D eigenvalue weighted by atomic mass is 9.71. The van der Waals surface area contributed by atoms with Gasteiger partial charge in [-0.1, -0.05) is 48.5 Å².